The molecule has 1 aromatic carbocycles. The summed E-state index contributed by atoms with van der Waals surface area (Å²) in [4.78, 5) is 30.1. The summed E-state index contributed by atoms with van der Waals surface area (Å²) < 4.78 is 1.83. The van der Waals surface area contributed by atoms with E-state index >= 15 is 0 Å². The van der Waals surface area contributed by atoms with Crippen LogP contribution in [0.3, 0.4) is 0 Å². The number of benzene rings is 1. The number of hydrogen-bond acceptors (Lipinski definition) is 7. The Hall–Kier alpha value is -2.72. The summed E-state index contributed by atoms with van der Waals surface area (Å²) in [5, 5.41) is 15.6. The van der Waals surface area contributed by atoms with E-state index in [0.717, 1.165) is 10.4 Å². The van der Waals surface area contributed by atoms with Crippen LogP contribution >= 0.6 is 23.1 Å². The van der Waals surface area contributed by atoms with Gasteiger partial charge in [-0.2, -0.15) is 0 Å². The highest BCUT2D eigenvalue weighted by Gasteiger charge is 2.25. The lowest BCUT2D eigenvalue weighted by atomic mass is 10.0. The van der Waals surface area contributed by atoms with Gasteiger partial charge in [-0.05, 0) is 31.9 Å². The van der Waals surface area contributed by atoms with E-state index < -0.39 is 0 Å². The molecular weight excluding hydrogens is 432 g/mol. The van der Waals surface area contributed by atoms with Crippen LogP contribution in [0.25, 0.3) is 0 Å². The van der Waals surface area contributed by atoms with Crippen LogP contribution in [0.1, 0.15) is 46.5 Å². The Morgan fingerprint density at radius 1 is 1.23 bits per heavy atom. The lowest BCUT2D eigenvalue weighted by Gasteiger charge is -2.21. The van der Waals surface area contributed by atoms with Gasteiger partial charge >= 0.3 is 0 Å². The van der Waals surface area contributed by atoms with Crippen LogP contribution < -0.4 is 10.6 Å². The molecule has 2 N–H and O–H groups in total. The number of aryl methyl sites for hydroxylation is 2. The van der Waals surface area contributed by atoms with Crippen LogP contribution in [0.5, 0.6) is 0 Å². The summed E-state index contributed by atoms with van der Waals surface area (Å²) in [5.41, 5.74) is 1.63. The van der Waals surface area contributed by atoms with Crippen molar-refractivity contribution in [2.75, 3.05) is 11.1 Å². The van der Waals surface area contributed by atoms with Crippen LogP contribution in [0.15, 0.2) is 35.6 Å². The molecule has 10 heteroatoms. The lowest BCUT2D eigenvalue weighted by molar-refractivity contribution is -0.113. The molecule has 2 aromatic heterocycles. The zero-order valence-corrected chi connectivity index (χ0v) is 19.8. The number of carbonyl (C=O) groups is 2. The fraction of sp³-hybridized carbons (Fsp3) is 0.381. The smallest absolute Gasteiger partial charge is 0.251 e. The molecule has 3 aromatic rings. The largest absolute Gasteiger partial charge is 0.342 e. The molecule has 3 rings (SSSR count). The van der Waals surface area contributed by atoms with Crippen molar-refractivity contribution in [1.29, 1.82) is 0 Å². The van der Waals surface area contributed by atoms with Gasteiger partial charge in [-0.3, -0.25) is 9.59 Å². The van der Waals surface area contributed by atoms with E-state index in [-0.39, 0.29) is 29.5 Å². The number of amides is 2. The minimum absolute atomic E-state index is 0.103. The first-order chi connectivity index (χ1) is 14.7. The fourth-order valence-electron chi connectivity index (χ4n) is 2.96. The molecule has 0 aliphatic rings. The number of thioether (sulfide) groups is 1. The standard InChI is InChI=1S/C21H26N6O2S2/c1-12(2)17(24-19(29)15-8-6-7-13(3)9-15)18-25-26-21(27(18)5)30-11-16(28)23-20-22-10-14(4)31-20/h6-10,12,17H,11H2,1-5H3,(H,24,29)(H,22,23,28)/t17-/m0/s1. The number of hydrogen-bond donors (Lipinski definition) is 2. The Morgan fingerprint density at radius 2 is 2.00 bits per heavy atom. The monoisotopic (exact) mass is 458 g/mol. The zero-order valence-electron chi connectivity index (χ0n) is 18.2. The topological polar surface area (TPSA) is 102 Å². The summed E-state index contributed by atoms with van der Waals surface area (Å²) in [6.45, 7) is 7.93. The van der Waals surface area contributed by atoms with Crippen molar-refractivity contribution in [2.24, 2.45) is 13.0 Å². The van der Waals surface area contributed by atoms with Crippen LogP contribution in [0, 0.1) is 19.8 Å². The summed E-state index contributed by atoms with van der Waals surface area (Å²) in [7, 11) is 1.84. The Bertz CT molecular complexity index is 1080. The molecule has 0 unspecified atom stereocenters. The fourth-order valence-corrected chi connectivity index (χ4v) is 4.36. The van der Waals surface area contributed by atoms with Gasteiger partial charge in [-0.15, -0.1) is 21.5 Å². The summed E-state index contributed by atoms with van der Waals surface area (Å²) >= 11 is 2.72. The van der Waals surface area contributed by atoms with Gasteiger partial charge in [0.15, 0.2) is 16.1 Å². The predicted molar refractivity (Wildman–Crippen MR) is 123 cm³/mol. The van der Waals surface area contributed by atoms with Crippen LogP contribution in [0.2, 0.25) is 0 Å². The Kier molecular flexibility index (Phi) is 7.45. The van der Waals surface area contributed by atoms with Crippen molar-refractivity contribution < 1.29 is 9.59 Å². The van der Waals surface area contributed by atoms with Crippen LogP contribution in [0.4, 0.5) is 5.13 Å². The molecule has 2 amide bonds. The third-order valence-electron chi connectivity index (χ3n) is 4.58. The first-order valence-electron chi connectivity index (χ1n) is 9.86. The van der Waals surface area contributed by atoms with E-state index in [4.69, 9.17) is 0 Å². The van der Waals surface area contributed by atoms with Gasteiger partial charge in [-0.25, -0.2) is 4.98 Å². The molecular formula is C21H26N6O2S2. The maximum absolute atomic E-state index is 12.8. The normalized spacial score (nSPS) is 12.1. The molecule has 164 valence electrons. The highest BCUT2D eigenvalue weighted by Crippen LogP contribution is 2.25. The zero-order chi connectivity index (χ0) is 22.5. The van der Waals surface area contributed by atoms with Crippen LogP contribution in [-0.4, -0.2) is 37.3 Å². The maximum atomic E-state index is 12.8. The average Bonchev–Trinajstić information content (AvgIpc) is 3.29. The molecule has 0 saturated heterocycles. The molecule has 2 heterocycles. The number of nitrogens with one attached hydrogen (secondary N) is 2. The van der Waals surface area contributed by atoms with Gasteiger partial charge < -0.3 is 15.2 Å². The SMILES string of the molecule is Cc1cccc(C(=O)N[C@H](c2nnc(SCC(=O)Nc3ncc(C)s3)n2C)C(C)C)c1. The van der Waals surface area contributed by atoms with E-state index in [9.17, 15) is 9.59 Å². The quantitative estimate of drug-likeness (QED) is 0.499. The molecule has 0 spiro atoms. The van der Waals surface area contributed by atoms with Gasteiger partial charge in [0.05, 0.1) is 11.8 Å². The molecule has 0 radical (unpaired) electrons. The third-order valence-corrected chi connectivity index (χ3v) is 6.43. The third kappa shape index (κ3) is 5.92. The van der Waals surface area contributed by atoms with Crippen LogP contribution in [-0.2, 0) is 11.8 Å². The van der Waals surface area contributed by atoms with E-state index in [1.807, 2.05) is 57.5 Å². The summed E-state index contributed by atoms with van der Waals surface area (Å²) in [6, 6.07) is 7.15. The second-order valence-electron chi connectivity index (χ2n) is 7.58. The van der Waals surface area contributed by atoms with Crippen molar-refractivity contribution >= 4 is 40.0 Å². The molecule has 0 bridgehead atoms. The highest BCUT2D eigenvalue weighted by molar-refractivity contribution is 7.99. The molecule has 0 aliphatic heterocycles. The first kappa shape index (κ1) is 23.0. The summed E-state index contributed by atoms with van der Waals surface area (Å²) in [6.07, 6.45) is 1.72. The van der Waals surface area contributed by atoms with E-state index in [2.05, 4.69) is 25.8 Å². The van der Waals surface area contributed by atoms with E-state index in [1.165, 1.54) is 23.1 Å². The van der Waals surface area contributed by atoms with Crippen molar-refractivity contribution in [3.05, 3.63) is 52.3 Å². The van der Waals surface area contributed by atoms with E-state index in [1.54, 1.807) is 12.3 Å². The number of rotatable bonds is 8. The lowest BCUT2D eigenvalue weighted by Crippen LogP contribution is -2.33. The molecule has 31 heavy (non-hydrogen) atoms. The maximum Gasteiger partial charge on any atom is 0.251 e. The second-order valence-corrected chi connectivity index (χ2v) is 9.75. The number of thiazole rings is 1. The Labute approximate surface area is 189 Å². The number of aromatic nitrogens is 4. The number of nitrogens with zero attached hydrogens (tertiary/aromatic N) is 4. The number of carbonyl (C=O) groups excluding carboxylic acids is 2. The summed E-state index contributed by atoms with van der Waals surface area (Å²) in [5.74, 6) is 0.627. The van der Waals surface area contributed by atoms with Gasteiger partial charge in [-0.1, -0.05) is 43.3 Å². The van der Waals surface area contributed by atoms with E-state index in [0.29, 0.717) is 21.7 Å². The Balaban J connectivity index is 1.67. The van der Waals surface area contributed by atoms with Gasteiger partial charge in [0, 0.05) is 23.7 Å². The molecule has 0 saturated carbocycles. The van der Waals surface area contributed by atoms with Gasteiger partial charge in [0.1, 0.15) is 0 Å². The molecule has 1 atom stereocenters. The van der Waals surface area contributed by atoms with Crippen molar-refractivity contribution in [3.8, 4) is 0 Å². The van der Waals surface area contributed by atoms with Gasteiger partial charge in [0.25, 0.3) is 5.91 Å². The Morgan fingerprint density at radius 3 is 2.65 bits per heavy atom. The van der Waals surface area contributed by atoms with Crippen molar-refractivity contribution in [1.82, 2.24) is 25.1 Å². The minimum Gasteiger partial charge on any atom is -0.342 e. The van der Waals surface area contributed by atoms with Gasteiger partial charge in [0.2, 0.25) is 5.91 Å². The number of anilines is 1. The highest BCUT2D eigenvalue weighted by atomic mass is 32.2. The predicted octanol–water partition coefficient (Wildman–Crippen LogP) is 3.75. The van der Waals surface area contributed by atoms with Crippen molar-refractivity contribution in [3.63, 3.8) is 0 Å². The van der Waals surface area contributed by atoms with Crippen molar-refractivity contribution in [2.45, 2.75) is 38.9 Å². The second kappa shape index (κ2) is 10.1. The minimum atomic E-state index is -0.313. The molecule has 8 nitrogen and oxygen atoms in total. The molecule has 0 aliphatic carbocycles. The molecule has 0 fully saturated rings. The average molecular weight is 459 g/mol. The first-order valence-corrected chi connectivity index (χ1v) is 11.7.